The zero-order valence-electron chi connectivity index (χ0n) is 11.3. The number of hydrogen-bond donors (Lipinski definition) is 0. The normalized spacial score (nSPS) is 15.7. The summed E-state index contributed by atoms with van der Waals surface area (Å²) in [5, 5.41) is 0. The largest absolute Gasteiger partial charge is 0.298 e. The van der Waals surface area contributed by atoms with E-state index < -0.39 is 0 Å². The molecule has 15 heavy (non-hydrogen) atoms. The lowest BCUT2D eigenvalue weighted by Crippen LogP contribution is -2.47. The van der Waals surface area contributed by atoms with Crippen LogP contribution in [0.25, 0.3) is 0 Å². The van der Waals surface area contributed by atoms with Crippen LogP contribution in [0.15, 0.2) is 0 Å². The molecule has 0 heterocycles. The molecule has 1 atom stereocenters. The monoisotopic (exact) mass is 213 g/mol. The van der Waals surface area contributed by atoms with Gasteiger partial charge in [0.05, 0.1) is 5.54 Å². The quantitative estimate of drug-likeness (QED) is 0.647. The predicted octanol–water partition coefficient (Wildman–Crippen LogP) is 3.11. The molecule has 0 bridgehead atoms. The first-order valence-corrected chi connectivity index (χ1v) is 6.05. The number of ketones is 1. The molecule has 0 aromatic carbocycles. The molecule has 0 aromatic rings. The Morgan fingerprint density at radius 2 is 1.87 bits per heavy atom. The second-order valence-electron chi connectivity index (χ2n) is 5.23. The molecule has 0 spiro atoms. The zero-order valence-corrected chi connectivity index (χ0v) is 11.3. The third-order valence-corrected chi connectivity index (χ3v) is 3.46. The fourth-order valence-electron chi connectivity index (χ4n) is 1.70. The lowest BCUT2D eigenvalue weighted by molar-refractivity contribution is -0.129. The van der Waals surface area contributed by atoms with Gasteiger partial charge in [0, 0.05) is 6.42 Å². The van der Waals surface area contributed by atoms with Crippen LogP contribution in [0.4, 0.5) is 0 Å². The minimum absolute atomic E-state index is 0.267. The zero-order chi connectivity index (χ0) is 12.1. The summed E-state index contributed by atoms with van der Waals surface area (Å²) in [6, 6.07) is 0. The molecule has 0 fully saturated rings. The van der Waals surface area contributed by atoms with Crippen molar-refractivity contribution in [3.05, 3.63) is 0 Å². The Bertz CT molecular complexity index is 199. The van der Waals surface area contributed by atoms with Crippen LogP contribution in [0.2, 0.25) is 0 Å². The van der Waals surface area contributed by atoms with Crippen molar-refractivity contribution in [3.63, 3.8) is 0 Å². The van der Waals surface area contributed by atoms with Gasteiger partial charge in [-0.25, -0.2) is 0 Å². The number of Topliss-reactive ketones (excluding diaryl/α,β-unsaturated/α-hetero) is 1. The number of carbonyl (C=O) groups excluding carboxylic acids is 1. The summed E-state index contributed by atoms with van der Waals surface area (Å²) >= 11 is 0. The van der Waals surface area contributed by atoms with Crippen LogP contribution in [-0.4, -0.2) is 30.3 Å². The van der Waals surface area contributed by atoms with E-state index in [9.17, 15) is 4.79 Å². The standard InChI is InChI=1S/C13H27NO/c1-7-13(4,14(5)6)12(15)10-8-9-11(2)3/h11H,7-10H2,1-6H3. The van der Waals surface area contributed by atoms with Crippen LogP contribution < -0.4 is 0 Å². The van der Waals surface area contributed by atoms with Crippen LogP contribution in [0.3, 0.4) is 0 Å². The first-order chi connectivity index (χ1) is 6.84. The highest BCUT2D eigenvalue weighted by Crippen LogP contribution is 2.21. The maximum Gasteiger partial charge on any atom is 0.152 e. The fourth-order valence-corrected chi connectivity index (χ4v) is 1.70. The summed E-state index contributed by atoms with van der Waals surface area (Å²) in [5.74, 6) is 1.08. The van der Waals surface area contributed by atoms with Crippen molar-refractivity contribution in [1.82, 2.24) is 4.90 Å². The highest BCUT2D eigenvalue weighted by atomic mass is 16.1. The van der Waals surface area contributed by atoms with Crippen molar-refractivity contribution >= 4 is 5.78 Å². The highest BCUT2D eigenvalue weighted by molar-refractivity contribution is 5.87. The summed E-state index contributed by atoms with van der Waals surface area (Å²) < 4.78 is 0. The lowest BCUT2D eigenvalue weighted by Gasteiger charge is -2.34. The van der Waals surface area contributed by atoms with Gasteiger partial charge in [-0.2, -0.15) is 0 Å². The average molecular weight is 213 g/mol. The van der Waals surface area contributed by atoms with E-state index in [1.54, 1.807) is 0 Å². The molecule has 0 aliphatic rings. The van der Waals surface area contributed by atoms with Gasteiger partial charge in [-0.1, -0.05) is 27.2 Å². The molecule has 0 aromatic heterocycles. The van der Waals surface area contributed by atoms with E-state index in [0.717, 1.165) is 25.7 Å². The van der Waals surface area contributed by atoms with E-state index in [-0.39, 0.29) is 5.54 Å². The molecule has 0 aliphatic carbocycles. The number of carbonyl (C=O) groups is 1. The predicted molar refractivity (Wildman–Crippen MR) is 66.1 cm³/mol. The van der Waals surface area contributed by atoms with Crippen molar-refractivity contribution < 1.29 is 4.79 Å². The van der Waals surface area contributed by atoms with E-state index in [2.05, 4.69) is 20.8 Å². The maximum absolute atomic E-state index is 12.1. The van der Waals surface area contributed by atoms with Crippen LogP contribution in [0.5, 0.6) is 0 Å². The van der Waals surface area contributed by atoms with Gasteiger partial charge in [0.25, 0.3) is 0 Å². The van der Waals surface area contributed by atoms with E-state index >= 15 is 0 Å². The maximum atomic E-state index is 12.1. The summed E-state index contributed by atoms with van der Waals surface area (Å²) in [7, 11) is 3.98. The highest BCUT2D eigenvalue weighted by Gasteiger charge is 2.32. The Morgan fingerprint density at radius 1 is 1.33 bits per heavy atom. The van der Waals surface area contributed by atoms with Gasteiger partial charge in [-0.05, 0) is 39.8 Å². The Hall–Kier alpha value is -0.370. The van der Waals surface area contributed by atoms with Crippen LogP contribution in [-0.2, 0) is 4.79 Å². The summed E-state index contributed by atoms with van der Waals surface area (Å²) in [6.45, 7) is 8.54. The average Bonchev–Trinajstić information content (AvgIpc) is 2.15. The molecule has 0 amide bonds. The van der Waals surface area contributed by atoms with E-state index in [1.807, 2.05) is 25.9 Å². The molecular weight excluding hydrogens is 186 g/mol. The van der Waals surface area contributed by atoms with Gasteiger partial charge in [0.15, 0.2) is 5.78 Å². The molecule has 0 rings (SSSR count). The second-order valence-corrected chi connectivity index (χ2v) is 5.23. The Kier molecular flexibility index (Phi) is 6.11. The molecule has 1 unspecified atom stereocenters. The van der Waals surface area contributed by atoms with Gasteiger partial charge in [-0.15, -0.1) is 0 Å². The van der Waals surface area contributed by atoms with Gasteiger partial charge in [-0.3, -0.25) is 9.69 Å². The SMILES string of the molecule is CCC(C)(C(=O)CCCC(C)C)N(C)C. The van der Waals surface area contributed by atoms with E-state index in [4.69, 9.17) is 0 Å². The van der Waals surface area contributed by atoms with E-state index in [1.165, 1.54) is 0 Å². The van der Waals surface area contributed by atoms with Crippen molar-refractivity contribution in [3.8, 4) is 0 Å². The molecule has 0 radical (unpaired) electrons. The third-order valence-electron chi connectivity index (χ3n) is 3.46. The van der Waals surface area contributed by atoms with Crippen molar-refractivity contribution in [2.45, 2.75) is 58.9 Å². The minimum atomic E-state index is -0.267. The molecule has 0 saturated carbocycles. The van der Waals surface area contributed by atoms with Crippen molar-refractivity contribution in [2.24, 2.45) is 5.92 Å². The fraction of sp³-hybridized carbons (Fsp3) is 0.923. The molecule has 0 aliphatic heterocycles. The number of nitrogens with zero attached hydrogens (tertiary/aromatic N) is 1. The Labute approximate surface area is 95.0 Å². The van der Waals surface area contributed by atoms with Crippen LogP contribution in [0, 0.1) is 5.92 Å². The second kappa shape index (κ2) is 6.26. The van der Waals surface area contributed by atoms with Gasteiger partial charge < -0.3 is 0 Å². The smallest absolute Gasteiger partial charge is 0.152 e. The topological polar surface area (TPSA) is 20.3 Å². The van der Waals surface area contributed by atoms with Gasteiger partial charge in [0.2, 0.25) is 0 Å². The lowest BCUT2D eigenvalue weighted by atomic mass is 9.88. The summed E-state index contributed by atoms with van der Waals surface area (Å²) in [6.07, 6.45) is 3.79. The Morgan fingerprint density at radius 3 is 2.20 bits per heavy atom. The number of likely N-dealkylation sites (N-methyl/N-ethyl adjacent to an activating group) is 1. The molecule has 0 saturated heterocycles. The Balaban J connectivity index is 4.17. The number of rotatable bonds is 7. The number of hydrogen-bond acceptors (Lipinski definition) is 2. The first-order valence-electron chi connectivity index (χ1n) is 6.05. The van der Waals surface area contributed by atoms with Gasteiger partial charge >= 0.3 is 0 Å². The summed E-state index contributed by atoms with van der Waals surface area (Å²) in [4.78, 5) is 14.1. The summed E-state index contributed by atoms with van der Waals surface area (Å²) in [5.41, 5.74) is -0.267. The molecule has 2 nitrogen and oxygen atoms in total. The van der Waals surface area contributed by atoms with Crippen LogP contribution in [0.1, 0.15) is 53.4 Å². The van der Waals surface area contributed by atoms with Crippen molar-refractivity contribution in [2.75, 3.05) is 14.1 Å². The third kappa shape index (κ3) is 4.33. The van der Waals surface area contributed by atoms with E-state index in [0.29, 0.717) is 11.7 Å². The molecular formula is C13H27NO. The first kappa shape index (κ1) is 14.6. The van der Waals surface area contributed by atoms with Crippen molar-refractivity contribution in [1.29, 1.82) is 0 Å². The molecule has 0 N–H and O–H groups in total. The molecule has 90 valence electrons. The molecule has 2 heteroatoms. The van der Waals surface area contributed by atoms with Gasteiger partial charge in [0.1, 0.15) is 0 Å². The minimum Gasteiger partial charge on any atom is -0.298 e. The van der Waals surface area contributed by atoms with Crippen LogP contribution >= 0.6 is 0 Å².